The number of rotatable bonds is 6. The summed E-state index contributed by atoms with van der Waals surface area (Å²) in [5, 5.41) is 9.18. The molecule has 0 atom stereocenters. The van der Waals surface area contributed by atoms with Crippen LogP contribution in [0.4, 0.5) is 0 Å². The van der Waals surface area contributed by atoms with Crippen LogP contribution in [0.5, 0.6) is 0 Å². The van der Waals surface area contributed by atoms with Crippen molar-refractivity contribution in [3.8, 4) is 11.4 Å². The average Bonchev–Trinajstić information content (AvgIpc) is 3.06. The van der Waals surface area contributed by atoms with E-state index >= 15 is 0 Å². The van der Waals surface area contributed by atoms with Crippen molar-refractivity contribution in [1.29, 1.82) is 0 Å². The highest BCUT2D eigenvalue weighted by atomic mass is 16.5. The molecule has 3 aromatic rings. The number of amides is 1. The minimum atomic E-state index is 0.00797. The van der Waals surface area contributed by atoms with E-state index in [2.05, 4.69) is 41.4 Å². The van der Waals surface area contributed by atoms with Crippen molar-refractivity contribution in [2.24, 2.45) is 5.92 Å². The van der Waals surface area contributed by atoms with Gasteiger partial charge in [-0.2, -0.15) is 4.98 Å². The lowest BCUT2D eigenvalue weighted by molar-refractivity contribution is -0.121. The largest absolute Gasteiger partial charge is 0.356 e. The monoisotopic (exact) mass is 323 g/mol. The van der Waals surface area contributed by atoms with Crippen LogP contribution >= 0.6 is 0 Å². The van der Waals surface area contributed by atoms with Gasteiger partial charge in [-0.15, -0.1) is 0 Å². The molecule has 0 aliphatic carbocycles. The molecule has 0 saturated carbocycles. The number of hydrogen-bond acceptors (Lipinski definition) is 4. The van der Waals surface area contributed by atoms with Gasteiger partial charge in [-0.05, 0) is 16.7 Å². The molecule has 0 aliphatic rings. The quantitative estimate of drug-likeness (QED) is 0.752. The van der Waals surface area contributed by atoms with Crippen LogP contribution in [0.3, 0.4) is 0 Å². The number of benzene rings is 2. The number of carbonyl (C=O) groups excluding carboxylic acids is 1. The molecule has 1 N–H and O–H groups in total. The van der Waals surface area contributed by atoms with Gasteiger partial charge in [0.25, 0.3) is 0 Å². The van der Waals surface area contributed by atoms with E-state index < -0.39 is 0 Å². The average molecular weight is 323 g/mol. The van der Waals surface area contributed by atoms with Gasteiger partial charge in [0.1, 0.15) is 0 Å². The van der Waals surface area contributed by atoms with Crippen molar-refractivity contribution < 1.29 is 9.32 Å². The third-order valence-corrected chi connectivity index (χ3v) is 3.77. The highest BCUT2D eigenvalue weighted by Crippen LogP contribution is 2.26. The lowest BCUT2D eigenvalue weighted by Gasteiger charge is -2.06. The standard InChI is InChI=1S/C19H21N3O2/c1-13(2)12-20-17(23)10-11-18-21-19(22-24-18)16-9-5-7-14-6-3-4-8-15(14)16/h3-9,13H,10-12H2,1-2H3,(H,20,23). The molecule has 0 unspecified atom stereocenters. The zero-order chi connectivity index (χ0) is 16.9. The fourth-order valence-electron chi connectivity index (χ4n) is 2.51. The summed E-state index contributed by atoms with van der Waals surface area (Å²) in [6.07, 6.45) is 0.797. The Labute approximate surface area is 141 Å². The molecule has 124 valence electrons. The molecule has 2 aromatic carbocycles. The van der Waals surface area contributed by atoms with Gasteiger partial charge in [0.05, 0.1) is 0 Å². The Morgan fingerprint density at radius 3 is 2.79 bits per heavy atom. The van der Waals surface area contributed by atoms with Crippen LogP contribution < -0.4 is 5.32 Å². The lowest BCUT2D eigenvalue weighted by Crippen LogP contribution is -2.27. The molecular weight excluding hydrogens is 302 g/mol. The molecule has 0 fully saturated rings. The smallest absolute Gasteiger partial charge is 0.227 e. The second-order valence-corrected chi connectivity index (χ2v) is 6.24. The first-order valence-corrected chi connectivity index (χ1v) is 8.21. The molecule has 24 heavy (non-hydrogen) atoms. The van der Waals surface area contributed by atoms with Gasteiger partial charge in [0.15, 0.2) is 0 Å². The minimum absolute atomic E-state index is 0.00797. The van der Waals surface area contributed by atoms with Crippen molar-refractivity contribution in [3.05, 3.63) is 48.4 Å². The molecule has 5 heteroatoms. The zero-order valence-electron chi connectivity index (χ0n) is 14.0. The first-order valence-electron chi connectivity index (χ1n) is 8.21. The summed E-state index contributed by atoms with van der Waals surface area (Å²) in [4.78, 5) is 16.2. The molecule has 1 heterocycles. The van der Waals surface area contributed by atoms with E-state index in [0.717, 1.165) is 16.3 Å². The third kappa shape index (κ3) is 3.79. The Kier molecular flexibility index (Phi) is 4.89. The molecule has 0 radical (unpaired) electrons. The van der Waals surface area contributed by atoms with Crippen LogP contribution in [-0.2, 0) is 11.2 Å². The Morgan fingerprint density at radius 1 is 1.17 bits per heavy atom. The summed E-state index contributed by atoms with van der Waals surface area (Å²) in [6.45, 7) is 4.81. The van der Waals surface area contributed by atoms with Gasteiger partial charge in [0.2, 0.25) is 17.6 Å². The van der Waals surface area contributed by atoms with Crippen molar-refractivity contribution >= 4 is 16.7 Å². The summed E-state index contributed by atoms with van der Waals surface area (Å²) in [7, 11) is 0. The molecule has 0 spiro atoms. The Balaban J connectivity index is 1.70. The van der Waals surface area contributed by atoms with Crippen molar-refractivity contribution in [1.82, 2.24) is 15.5 Å². The van der Waals surface area contributed by atoms with Crippen LogP contribution in [0.25, 0.3) is 22.2 Å². The molecule has 5 nitrogen and oxygen atoms in total. The minimum Gasteiger partial charge on any atom is -0.356 e. The van der Waals surface area contributed by atoms with E-state index in [9.17, 15) is 4.79 Å². The van der Waals surface area contributed by atoms with E-state index in [1.807, 2.05) is 30.3 Å². The van der Waals surface area contributed by atoms with Gasteiger partial charge in [-0.25, -0.2) is 0 Å². The summed E-state index contributed by atoms with van der Waals surface area (Å²) in [5.74, 6) is 1.49. The lowest BCUT2D eigenvalue weighted by atomic mass is 10.0. The van der Waals surface area contributed by atoms with Gasteiger partial charge < -0.3 is 9.84 Å². The fraction of sp³-hybridized carbons (Fsp3) is 0.316. The number of fused-ring (bicyclic) bond motifs is 1. The van der Waals surface area contributed by atoms with Crippen molar-refractivity contribution in [2.75, 3.05) is 6.54 Å². The van der Waals surface area contributed by atoms with Crippen molar-refractivity contribution in [2.45, 2.75) is 26.7 Å². The third-order valence-electron chi connectivity index (χ3n) is 3.77. The maximum atomic E-state index is 11.8. The molecule has 0 aliphatic heterocycles. The fourth-order valence-corrected chi connectivity index (χ4v) is 2.51. The Morgan fingerprint density at radius 2 is 1.96 bits per heavy atom. The molecule has 1 aromatic heterocycles. The second-order valence-electron chi connectivity index (χ2n) is 6.24. The highest BCUT2D eigenvalue weighted by Gasteiger charge is 2.12. The van der Waals surface area contributed by atoms with Crippen LogP contribution in [0, 0.1) is 5.92 Å². The normalized spacial score (nSPS) is 11.1. The molecular formula is C19H21N3O2. The zero-order valence-corrected chi connectivity index (χ0v) is 14.0. The number of nitrogens with one attached hydrogen (secondary N) is 1. The molecule has 0 bridgehead atoms. The maximum absolute atomic E-state index is 11.8. The SMILES string of the molecule is CC(C)CNC(=O)CCc1nc(-c2cccc3ccccc23)no1. The van der Waals surface area contributed by atoms with Gasteiger partial charge in [-0.3, -0.25) is 4.79 Å². The first-order chi connectivity index (χ1) is 11.6. The molecule has 1 amide bonds. The van der Waals surface area contributed by atoms with Crippen LogP contribution in [0.2, 0.25) is 0 Å². The van der Waals surface area contributed by atoms with Crippen LogP contribution in [-0.4, -0.2) is 22.6 Å². The number of carbonyl (C=O) groups is 1. The second kappa shape index (κ2) is 7.25. The Hall–Kier alpha value is -2.69. The van der Waals surface area contributed by atoms with E-state index in [4.69, 9.17) is 4.52 Å². The van der Waals surface area contributed by atoms with E-state index in [1.54, 1.807) is 0 Å². The van der Waals surface area contributed by atoms with E-state index in [-0.39, 0.29) is 5.91 Å². The first kappa shape index (κ1) is 16.2. The van der Waals surface area contributed by atoms with E-state index in [0.29, 0.717) is 37.0 Å². The summed E-state index contributed by atoms with van der Waals surface area (Å²) in [5.41, 5.74) is 0.937. The molecule has 0 saturated heterocycles. The predicted molar refractivity (Wildman–Crippen MR) is 93.4 cm³/mol. The summed E-state index contributed by atoms with van der Waals surface area (Å²) in [6, 6.07) is 14.1. The van der Waals surface area contributed by atoms with Gasteiger partial charge in [-0.1, -0.05) is 61.5 Å². The topological polar surface area (TPSA) is 68.0 Å². The predicted octanol–water partition coefficient (Wildman–Crippen LogP) is 3.59. The summed E-state index contributed by atoms with van der Waals surface area (Å²) < 4.78 is 5.30. The van der Waals surface area contributed by atoms with Gasteiger partial charge >= 0.3 is 0 Å². The molecule has 3 rings (SSSR count). The number of hydrogen-bond donors (Lipinski definition) is 1. The maximum Gasteiger partial charge on any atom is 0.227 e. The number of aryl methyl sites for hydroxylation is 1. The van der Waals surface area contributed by atoms with Crippen LogP contribution in [0.1, 0.15) is 26.2 Å². The Bertz CT molecular complexity index is 834. The summed E-state index contributed by atoms with van der Waals surface area (Å²) >= 11 is 0. The number of nitrogens with zero attached hydrogens (tertiary/aromatic N) is 2. The highest BCUT2D eigenvalue weighted by molar-refractivity contribution is 5.94. The number of aromatic nitrogens is 2. The van der Waals surface area contributed by atoms with E-state index in [1.165, 1.54) is 0 Å². The van der Waals surface area contributed by atoms with Gasteiger partial charge in [0, 0.05) is 24.9 Å². The van der Waals surface area contributed by atoms with Crippen LogP contribution in [0.15, 0.2) is 47.0 Å². The van der Waals surface area contributed by atoms with Crippen molar-refractivity contribution in [3.63, 3.8) is 0 Å².